The lowest BCUT2D eigenvalue weighted by molar-refractivity contribution is -0.384. The Kier molecular flexibility index (Phi) is 4.13. The molecule has 2 aromatic carbocycles. The predicted molar refractivity (Wildman–Crippen MR) is 72.0 cm³/mol. The molecule has 0 amide bonds. The number of rotatable bonds is 4. The van der Waals surface area contributed by atoms with Gasteiger partial charge in [-0.1, -0.05) is 6.07 Å². The van der Waals surface area contributed by atoms with E-state index < -0.39 is 22.6 Å². The average Bonchev–Trinajstić information content (AvgIpc) is 2.45. The van der Waals surface area contributed by atoms with Crippen molar-refractivity contribution < 1.29 is 18.4 Å². The van der Waals surface area contributed by atoms with Gasteiger partial charge in [-0.15, -0.1) is 0 Å². The molecular weight excluding hydrogens is 282 g/mol. The first-order valence-electron chi connectivity index (χ1n) is 5.97. The van der Waals surface area contributed by atoms with Crippen LogP contribution < -0.4 is 10.5 Å². The summed E-state index contributed by atoms with van der Waals surface area (Å²) in [5, 5.41) is 10.8. The second kappa shape index (κ2) is 5.84. The molecular formula is C14H12F2N2O3. The Labute approximate surface area is 119 Å². The minimum Gasteiger partial charge on any atom is -0.496 e. The second-order valence-electron chi connectivity index (χ2n) is 4.33. The SMILES string of the molecule is COc1ccc([N+](=O)[O-])cc1C(N)c1ccc(F)cc1F. The maximum Gasteiger partial charge on any atom is 0.270 e. The van der Waals surface area contributed by atoms with E-state index in [2.05, 4.69) is 0 Å². The molecule has 7 heteroatoms. The fraction of sp³-hybridized carbons (Fsp3) is 0.143. The van der Waals surface area contributed by atoms with Crippen LogP contribution >= 0.6 is 0 Å². The summed E-state index contributed by atoms with van der Waals surface area (Å²) in [4.78, 5) is 10.2. The molecule has 0 radical (unpaired) electrons. The van der Waals surface area contributed by atoms with E-state index in [0.717, 1.165) is 6.07 Å². The van der Waals surface area contributed by atoms with Crippen molar-refractivity contribution in [3.63, 3.8) is 0 Å². The van der Waals surface area contributed by atoms with Crippen LogP contribution in [0.4, 0.5) is 14.5 Å². The molecule has 0 saturated heterocycles. The van der Waals surface area contributed by atoms with E-state index in [9.17, 15) is 18.9 Å². The second-order valence-corrected chi connectivity index (χ2v) is 4.33. The maximum atomic E-state index is 13.8. The summed E-state index contributed by atoms with van der Waals surface area (Å²) in [5.41, 5.74) is 6.03. The summed E-state index contributed by atoms with van der Waals surface area (Å²) in [5.74, 6) is -1.26. The zero-order valence-corrected chi connectivity index (χ0v) is 11.0. The Morgan fingerprint density at radius 1 is 1.19 bits per heavy atom. The van der Waals surface area contributed by atoms with Crippen molar-refractivity contribution in [2.75, 3.05) is 7.11 Å². The van der Waals surface area contributed by atoms with Crippen LogP contribution in [0.1, 0.15) is 17.2 Å². The summed E-state index contributed by atoms with van der Waals surface area (Å²) in [6.45, 7) is 0. The number of halogens is 2. The number of nitro groups is 1. The molecule has 0 aliphatic heterocycles. The Bertz CT molecular complexity index is 692. The van der Waals surface area contributed by atoms with Gasteiger partial charge < -0.3 is 10.5 Å². The molecule has 0 spiro atoms. The minimum atomic E-state index is -1.01. The number of hydrogen-bond donors (Lipinski definition) is 1. The fourth-order valence-electron chi connectivity index (χ4n) is 2.00. The van der Waals surface area contributed by atoms with E-state index in [4.69, 9.17) is 10.5 Å². The number of ether oxygens (including phenoxy) is 1. The number of methoxy groups -OCH3 is 1. The zero-order chi connectivity index (χ0) is 15.6. The monoisotopic (exact) mass is 294 g/mol. The standard InChI is InChI=1S/C14H12F2N2O3/c1-21-13-5-3-9(18(19)20)7-11(13)14(17)10-4-2-8(15)6-12(10)16/h2-7,14H,17H2,1H3. The Balaban J connectivity index is 2.53. The van der Waals surface area contributed by atoms with Crippen LogP contribution in [-0.4, -0.2) is 12.0 Å². The Hall–Kier alpha value is -2.54. The van der Waals surface area contributed by atoms with Gasteiger partial charge in [0.15, 0.2) is 0 Å². The lowest BCUT2D eigenvalue weighted by atomic mass is 9.97. The third-order valence-corrected chi connectivity index (χ3v) is 3.06. The highest BCUT2D eigenvalue weighted by atomic mass is 19.1. The van der Waals surface area contributed by atoms with Crippen molar-refractivity contribution in [1.82, 2.24) is 0 Å². The van der Waals surface area contributed by atoms with Crippen molar-refractivity contribution in [2.45, 2.75) is 6.04 Å². The summed E-state index contributed by atoms with van der Waals surface area (Å²) in [6, 6.07) is 5.83. The van der Waals surface area contributed by atoms with Gasteiger partial charge in [-0.05, 0) is 12.1 Å². The molecule has 2 N–H and O–H groups in total. The zero-order valence-electron chi connectivity index (χ0n) is 11.0. The van der Waals surface area contributed by atoms with Gasteiger partial charge in [-0.3, -0.25) is 10.1 Å². The molecule has 21 heavy (non-hydrogen) atoms. The summed E-state index contributed by atoms with van der Waals surface area (Å²) in [6.07, 6.45) is 0. The molecule has 0 aromatic heterocycles. The van der Waals surface area contributed by atoms with Gasteiger partial charge in [-0.2, -0.15) is 0 Å². The van der Waals surface area contributed by atoms with Crippen molar-refractivity contribution in [2.24, 2.45) is 5.73 Å². The van der Waals surface area contributed by atoms with E-state index >= 15 is 0 Å². The molecule has 0 saturated carbocycles. The topological polar surface area (TPSA) is 78.4 Å². The van der Waals surface area contributed by atoms with Gasteiger partial charge in [0.1, 0.15) is 17.4 Å². The van der Waals surface area contributed by atoms with Crippen LogP contribution in [0.3, 0.4) is 0 Å². The Morgan fingerprint density at radius 2 is 1.90 bits per heavy atom. The van der Waals surface area contributed by atoms with E-state index in [0.29, 0.717) is 6.07 Å². The van der Waals surface area contributed by atoms with Gasteiger partial charge in [0.05, 0.1) is 18.1 Å². The van der Waals surface area contributed by atoms with Gasteiger partial charge in [0.2, 0.25) is 0 Å². The number of nitro benzene ring substituents is 1. The Morgan fingerprint density at radius 3 is 2.48 bits per heavy atom. The van der Waals surface area contributed by atoms with Crippen LogP contribution in [0, 0.1) is 21.7 Å². The van der Waals surface area contributed by atoms with Gasteiger partial charge in [-0.25, -0.2) is 8.78 Å². The quantitative estimate of drug-likeness (QED) is 0.694. The minimum absolute atomic E-state index is 0.0233. The largest absolute Gasteiger partial charge is 0.496 e. The molecule has 110 valence electrons. The average molecular weight is 294 g/mol. The van der Waals surface area contributed by atoms with E-state index in [1.165, 1.54) is 31.4 Å². The van der Waals surface area contributed by atoms with Crippen LogP contribution in [0.25, 0.3) is 0 Å². The highest BCUT2D eigenvalue weighted by molar-refractivity contribution is 5.48. The number of benzene rings is 2. The number of nitrogens with two attached hydrogens (primary N) is 1. The molecule has 0 bridgehead atoms. The predicted octanol–water partition coefficient (Wildman–Crippen LogP) is 2.93. The third kappa shape index (κ3) is 2.97. The molecule has 0 aliphatic rings. The van der Waals surface area contributed by atoms with Gasteiger partial charge in [0, 0.05) is 29.3 Å². The van der Waals surface area contributed by atoms with Crippen molar-refractivity contribution in [1.29, 1.82) is 0 Å². The first-order chi connectivity index (χ1) is 9.93. The van der Waals surface area contributed by atoms with Crippen LogP contribution in [0.15, 0.2) is 36.4 Å². The third-order valence-electron chi connectivity index (χ3n) is 3.06. The van der Waals surface area contributed by atoms with Crippen molar-refractivity contribution >= 4 is 5.69 Å². The summed E-state index contributed by atoms with van der Waals surface area (Å²) >= 11 is 0. The summed E-state index contributed by atoms with van der Waals surface area (Å²) in [7, 11) is 1.37. The van der Waals surface area contributed by atoms with Crippen LogP contribution in [0.2, 0.25) is 0 Å². The lowest BCUT2D eigenvalue weighted by Gasteiger charge is -2.16. The fourth-order valence-corrected chi connectivity index (χ4v) is 2.00. The first-order valence-corrected chi connectivity index (χ1v) is 5.97. The number of nitrogens with zero attached hydrogens (tertiary/aromatic N) is 1. The maximum absolute atomic E-state index is 13.8. The van der Waals surface area contributed by atoms with Crippen LogP contribution in [-0.2, 0) is 0 Å². The number of hydrogen-bond acceptors (Lipinski definition) is 4. The molecule has 0 aliphatic carbocycles. The molecule has 1 atom stereocenters. The van der Waals surface area contributed by atoms with Crippen molar-refractivity contribution in [3.05, 3.63) is 69.3 Å². The molecule has 2 aromatic rings. The first kappa shape index (κ1) is 14.9. The molecule has 0 heterocycles. The number of non-ortho nitro benzene ring substituents is 1. The highest BCUT2D eigenvalue weighted by Crippen LogP contribution is 2.32. The molecule has 1 unspecified atom stereocenters. The molecule has 0 fully saturated rings. The van der Waals surface area contributed by atoms with Gasteiger partial charge >= 0.3 is 0 Å². The smallest absolute Gasteiger partial charge is 0.270 e. The van der Waals surface area contributed by atoms with E-state index in [1.807, 2.05) is 0 Å². The summed E-state index contributed by atoms with van der Waals surface area (Å²) < 4.78 is 31.8. The van der Waals surface area contributed by atoms with Gasteiger partial charge in [0.25, 0.3) is 5.69 Å². The lowest BCUT2D eigenvalue weighted by Crippen LogP contribution is -2.15. The van der Waals surface area contributed by atoms with E-state index in [1.54, 1.807) is 0 Å². The molecule has 5 nitrogen and oxygen atoms in total. The van der Waals surface area contributed by atoms with E-state index in [-0.39, 0.29) is 22.6 Å². The highest BCUT2D eigenvalue weighted by Gasteiger charge is 2.21. The molecule has 2 rings (SSSR count). The normalized spacial score (nSPS) is 12.0. The van der Waals surface area contributed by atoms with Crippen LogP contribution in [0.5, 0.6) is 5.75 Å². The van der Waals surface area contributed by atoms with Crippen molar-refractivity contribution in [3.8, 4) is 5.75 Å².